The van der Waals surface area contributed by atoms with Gasteiger partial charge in [0.15, 0.2) is 0 Å². The number of unbranched alkanes of at least 4 members (excludes halogenated alkanes) is 1. The Morgan fingerprint density at radius 2 is 1.68 bits per heavy atom. The molecule has 0 heterocycles. The Morgan fingerprint density at radius 3 is 2.27 bits per heavy atom. The number of nitrogens with zero attached hydrogens (tertiary/aromatic N) is 2. The molecule has 0 saturated carbocycles. The number of hydrogen-bond acceptors (Lipinski definition) is 5. The summed E-state index contributed by atoms with van der Waals surface area (Å²) in [7, 11) is -2.83. The van der Waals surface area contributed by atoms with Crippen LogP contribution in [0.4, 0.5) is 10.1 Å². The van der Waals surface area contributed by atoms with E-state index >= 15 is 0 Å². The molecule has 3 aromatic carbocycles. The quantitative estimate of drug-likeness (QED) is 0.283. The van der Waals surface area contributed by atoms with Crippen LogP contribution < -0.4 is 14.4 Å². The number of hydrogen-bond donors (Lipinski definition) is 1. The SMILES string of the molecule is CCCCNC(=O)[C@@H](C)N(Cc1ccccc1Cl)C(=O)CN(c1ccc(F)cc1)S(=O)(=O)c1ccc(OC)cc1. The summed E-state index contributed by atoms with van der Waals surface area (Å²) in [6.07, 6.45) is 1.65. The van der Waals surface area contributed by atoms with E-state index in [1.165, 1.54) is 48.4 Å². The number of ether oxygens (including phenoxy) is 1. The van der Waals surface area contributed by atoms with Gasteiger partial charge in [0.05, 0.1) is 17.7 Å². The fourth-order valence-electron chi connectivity index (χ4n) is 3.94. The van der Waals surface area contributed by atoms with Crippen LogP contribution in [0, 0.1) is 5.82 Å². The zero-order valence-electron chi connectivity index (χ0n) is 22.6. The van der Waals surface area contributed by atoms with Crippen molar-refractivity contribution in [1.82, 2.24) is 10.2 Å². The van der Waals surface area contributed by atoms with E-state index in [2.05, 4.69) is 5.32 Å². The van der Waals surface area contributed by atoms with Crippen molar-refractivity contribution < 1.29 is 27.1 Å². The standard InChI is InChI=1S/C29H33ClFN3O5S/c1-4-5-18-32-29(36)21(2)33(19-22-8-6-7-9-27(22)30)28(35)20-34(24-12-10-23(31)11-13-24)40(37,38)26-16-14-25(39-3)15-17-26/h6-17,21H,4-5,18-20H2,1-3H3,(H,32,36)/t21-/m1/s1. The first-order chi connectivity index (χ1) is 19.1. The molecule has 1 N–H and O–H groups in total. The molecule has 0 unspecified atom stereocenters. The molecular weight excluding hydrogens is 557 g/mol. The highest BCUT2D eigenvalue weighted by atomic mass is 35.5. The average molecular weight is 590 g/mol. The zero-order chi connectivity index (χ0) is 29.3. The summed E-state index contributed by atoms with van der Waals surface area (Å²) in [6, 6.07) is 16.5. The number of nitrogens with one attached hydrogen (secondary N) is 1. The Labute approximate surface area is 239 Å². The molecule has 8 nitrogen and oxygen atoms in total. The summed E-state index contributed by atoms with van der Waals surface area (Å²) < 4.78 is 47.3. The molecule has 0 aliphatic carbocycles. The molecule has 0 saturated heterocycles. The molecule has 214 valence electrons. The number of methoxy groups -OCH3 is 1. The van der Waals surface area contributed by atoms with Crippen molar-refractivity contribution in [3.63, 3.8) is 0 Å². The van der Waals surface area contributed by atoms with Crippen LogP contribution in [0.2, 0.25) is 5.02 Å². The molecule has 1 atom stereocenters. The molecule has 0 spiro atoms. The highest BCUT2D eigenvalue weighted by Crippen LogP contribution is 2.26. The molecule has 0 bridgehead atoms. The number of carbonyl (C=O) groups is 2. The van der Waals surface area contributed by atoms with E-state index in [9.17, 15) is 22.4 Å². The Hall–Kier alpha value is -3.63. The van der Waals surface area contributed by atoms with Gasteiger partial charge in [-0.05, 0) is 73.5 Å². The van der Waals surface area contributed by atoms with E-state index in [-0.39, 0.29) is 23.0 Å². The molecule has 0 aromatic heterocycles. The van der Waals surface area contributed by atoms with Crippen molar-refractivity contribution in [2.45, 2.75) is 44.2 Å². The zero-order valence-corrected chi connectivity index (χ0v) is 24.2. The van der Waals surface area contributed by atoms with Crippen LogP contribution in [-0.4, -0.2) is 51.4 Å². The molecule has 3 rings (SSSR count). The maximum Gasteiger partial charge on any atom is 0.264 e. The molecule has 0 aliphatic rings. The smallest absolute Gasteiger partial charge is 0.264 e. The van der Waals surface area contributed by atoms with Gasteiger partial charge in [0, 0.05) is 18.1 Å². The number of amides is 2. The van der Waals surface area contributed by atoms with Gasteiger partial charge in [-0.1, -0.05) is 43.1 Å². The predicted molar refractivity (Wildman–Crippen MR) is 153 cm³/mol. The fraction of sp³-hybridized carbons (Fsp3) is 0.310. The predicted octanol–water partition coefficient (Wildman–Crippen LogP) is 5.02. The summed E-state index contributed by atoms with van der Waals surface area (Å²) in [4.78, 5) is 28.1. The lowest BCUT2D eigenvalue weighted by atomic mass is 10.1. The summed E-state index contributed by atoms with van der Waals surface area (Å²) in [5, 5.41) is 3.23. The van der Waals surface area contributed by atoms with Crippen LogP contribution in [0.25, 0.3) is 0 Å². The van der Waals surface area contributed by atoms with E-state index in [1.54, 1.807) is 31.2 Å². The van der Waals surface area contributed by atoms with Gasteiger partial charge in [-0.3, -0.25) is 13.9 Å². The van der Waals surface area contributed by atoms with Crippen molar-refractivity contribution in [3.05, 3.63) is 89.2 Å². The number of halogens is 2. The molecule has 0 fully saturated rings. The first-order valence-corrected chi connectivity index (χ1v) is 14.6. The Balaban J connectivity index is 2.00. The summed E-state index contributed by atoms with van der Waals surface area (Å²) >= 11 is 6.36. The third kappa shape index (κ3) is 7.73. The van der Waals surface area contributed by atoms with Crippen LogP contribution in [0.1, 0.15) is 32.3 Å². The van der Waals surface area contributed by atoms with Crippen molar-refractivity contribution in [1.29, 1.82) is 0 Å². The molecular formula is C29H33ClFN3O5S. The Bertz CT molecular complexity index is 1400. The van der Waals surface area contributed by atoms with Gasteiger partial charge in [-0.15, -0.1) is 0 Å². The molecule has 2 amide bonds. The second-order valence-electron chi connectivity index (χ2n) is 9.10. The lowest BCUT2D eigenvalue weighted by Crippen LogP contribution is -2.51. The lowest BCUT2D eigenvalue weighted by Gasteiger charge is -2.32. The van der Waals surface area contributed by atoms with Crippen molar-refractivity contribution >= 4 is 39.1 Å². The summed E-state index contributed by atoms with van der Waals surface area (Å²) in [6.45, 7) is 3.35. The van der Waals surface area contributed by atoms with Crippen LogP contribution in [0.3, 0.4) is 0 Å². The first kappa shape index (κ1) is 30.9. The van der Waals surface area contributed by atoms with Crippen LogP contribution in [-0.2, 0) is 26.2 Å². The molecule has 0 aliphatic heterocycles. The highest BCUT2D eigenvalue weighted by molar-refractivity contribution is 7.92. The maximum absolute atomic E-state index is 13.9. The largest absolute Gasteiger partial charge is 0.497 e. The fourth-order valence-corrected chi connectivity index (χ4v) is 5.55. The third-order valence-electron chi connectivity index (χ3n) is 6.34. The number of carbonyl (C=O) groups excluding carboxylic acids is 2. The van der Waals surface area contributed by atoms with Crippen LogP contribution in [0.15, 0.2) is 77.7 Å². The first-order valence-electron chi connectivity index (χ1n) is 12.8. The van der Waals surface area contributed by atoms with Gasteiger partial charge in [0.2, 0.25) is 11.8 Å². The number of anilines is 1. The van der Waals surface area contributed by atoms with Crippen LogP contribution >= 0.6 is 11.6 Å². The Morgan fingerprint density at radius 1 is 1.02 bits per heavy atom. The van der Waals surface area contributed by atoms with E-state index in [0.717, 1.165) is 29.3 Å². The van der Waals surface area contributed by atoms with Gasteiger partial charge in [-0.25, -0.2) is 12.8 Å². The van der Waals surface area contributed by atoms with E-state index in [1.807, 2.05) is 6.92 Å². The van der Waals surface area contributed by atoms with Gasteiger partial charge in [0.25, 0.3) is 10.0 Å². The second-order valence-corrected chi connectivity index (χ2v) is 11.4. The summed E-state index contributed by atoms with van der Waals surface area (Å²) in [5.41, 5.74) is 0.681. The maximum atomic E-state index is 13.9. The summed E-state index contributed by atoms with van der Waals surface area (Å²) in [5.74, 6) is -1.12. The van der Waals surface area contributed by atoms with Gasteiger partial charge < -0.3 is 15.0 Å². The highest BCUT2D eigenvalue weighted by Gasteiger charge is 2.32. The molecule has 3 aromatic rings. The minimum absolute atomic E-state index is 0.0271. The van der Waals surface area contributed by atoms with Crippen molar-refractivity contribution in [2.75, 3.05) is 24.5 Å². The molecule has 11 heteroatoms. The van der Waals surface area contributed by atoms with Crippen molar-refractivity contribution in [3.8, 4) is 5.75 Å². The van der Waals surface area contributed by atoms with Gasteiger partial charge in [0.1, 0.15) is 24.2 Å². The van der Waals surface area contributed by atoms with E-state index < -0.39 is 34.3 Å². The molecule has 0 radical (unpaired) electrons. The topological polar surface area (TPSA) is 96.0 Å². The van der Waals surface area contributed by atoms with Gasteiger partial charge in [-0.2, -0.15) is 0 Å². The Kier molecular flexibility index (Phi) is 10.9. The minimum atomic E-state index is -4.28. The number of rotatable bonds is 13. The van der Waals surface area contributed by atoms with E-state index in [0.29, 0.717) is 22.9 Å². The average Bonchev–Trinajstić information content (AvgIpc) is 2.95. The third-order valence-corrected chi connectivity index (χ3v) is 8.49. The van der Waals surface area contributed by atoms with E-state index in [4.69, 9.17) is 16.3 Å². The number of sulfonamides is 1. The van der Waals surface area contributed by atoms with Crippen LogP contribution in [0.5, 0.6) is 5.75 Å². The van der Waals surface area contributed by atoms with Gasteiger partial charge >= 0.3 is 0 Å². The second kappa shape index (κ2) is 14.1. The lowest BCUT2D eigenvalue weighted by molar-refractivity contribution is -0.139. The van der Waals surface area contributed by atoms with Crippen molar-refractivity contribution in [2.24, 2.45) is 0 Å². The monoisotopic (exact) mass is 589 g/mol. The normalized spacial score (nSPS) is 11.9. The minimum Gasteiger partial charge on any atom is -0.497 e. The molecule has 40 heavy (non-hydrogen) atoms. The number of benzene rings is 3.